The molecule has 1 aromatic rings. The number of Topliss-reactive ketones (excluding diaryl/α,β-unsaturated/α-hetero) is 3. The van der Waals surface area contributed by atoms with E-state index in [2.05, 4.69) is 5.32 Å². The first-order valence-corrected chi connectivity index (χ1v) is 7.68. The normalized spacial score (nSPS) is 10.2. The molecule has 0 atom stereocenters. The quantitative estimate of drug-likeness (QED) is 0.710. The number of carbonyl (C=O) groups is 4. The maximum atomic E-state index is 11.9. The molecule has 5 heteroatoms. The summed E-state index contributed by atoms with van der Waals surface area (Å²) in [6, 6.07) is 5.76. The highest BCUT2D eigenvalue weighted by molar-refractivity contribution is 6.02. The average Bonchev–Trinajstić information content (AvgIpc) is 2.47. The van der Waals surface area contributed by atoms with E-state index in [4.69, 9.17) is 0 Å². The van der Waals surface area contributed by atoms with E-state index in [0.717, 1.165) is 16.8 Å². The smallest absolute Gasteiger partial charge is 0.224 e. The number of ketones is 3. The lowest BCUT2D eigenvalue weighted by Gasteiger charge is -2.09. The second-order valence-corrected chi connectivity index (χ2v) is 5.82. The predicted molar refractivity (Wildman–Crippen MR) is 88.3 cm³/mol. The van der Waals surface area contributed by atoms with Gasteiger partial charge in [-0.05, 0) is 38.0 Å². The van der Waals surface area contributed by atoms with Crippen LogP contribution in [-0.2, 0) is 19.2 Å². The van der Waals surface area contributed by atoms with Crippen molar-refractivity contribution in [1.29, 1.82) is 0 Å². The Kier molecular flexibility index (Phi) is 7.32. The lowest BCUT2D eigenvalue weighted by Crippen LogP contribution is -2.16. The second kappa shape index (κ2) is 8.98. The Hall–Kier alpha value is -2.30. The lowest BCUT2D eigenvalue weighted by molar-refractivity contribution is -0.129. The molecule has 0 aliphatic rings. The predicted octanol–water partition coefficient (Wildman–Crippen LogP) is 2.92. The van der Waals surface area contributed by atoms with Gasteiger partial charge < -0.3 is 10.1 Å². The molecule has 1 amide bonds. The number of hydrogen-bond donors (Lipinski definition) is 1. The summed E-state index contributed by atoms with van der Waals surface area (Å²) < 4.78 is 0. The third-order valence-electron chi connectivity index (χ3n) is 3.45. The molecule has 1 aromatic carbocycles. The lowest BCUT2D eigenvalue weighted by atomic mass is 10.1. The summed E-state index contributed by atoms with van der Waals surface area (Å²) in [7, 11) is 0. The first-order chi connectivity index (χ1) is 10.8. The van der Waals surface area contributed by atoms with Crippen LogP contribution in [0.2, 0.25) is 0 Å². The van der Waals surface area contributed by atoms with Crippen LogP contribution in [0, 0.1) is 13.8 Å². The first-order valence-electron chi connectivity index (χ1n) is 7.68. The first kappa shape index (κ1) is 18.7. The molecule has 0 unspecified atom stereocenters. The topological polar surface area (TPSA) is 80.3 Å². The zero-order valence-corrected chi connectivity index (χ0v) is 13.9. The number of benzene rings is 1. The van der Waals surface area contributed by atoms with Crippen LogP contribution in [-0.4, -0.2) is 23.3 Å². The third kappa shape index (κ3) is 7.49. The molecule has 0 aromatic heterocycles. The van der Waals surface area contributed by atoms with Crippen LogP contribution >= 0.6 is 0 Å². The molecule has 0 aliphatic carbocycles. The van der Waals surface area contributed by atoms with E-state index >= 15 is 0 Å². The molecule has 0 heterocycles. The third-order valence-corrected chi connectivity index (χ3v) is 3.45. The van der Waals surface area contributed by atoms with Crippen LogP contribution in [0.25, 0.3) is 0 Å². The molecule has 0 saturated heterocycles. The van der Waals surface area contributed by atoms with Crippen molar-refractivity contribution in [3.63, 3.8) is 0 Å². The summed E-state index contributed by atoms with van der Waals surface area (Å²) in [5.41, 5.74) is 2.73. The number of rotatable bonds is 9. The van der Waals surface area contributed by atoms with Gasteiger partial charge in [0.25, 0.3) is 0 Å². The monoisotopic (exact) mass is 317 g/mol. The molecule has 0 spiro atoms. The number of nitrogens with one attached hydrogen (secondary N) is 1. The van der Waals surface area contributed by atoms with Gasteiger partial charge >= 0.3 is 0 Å². The molecule has 0 saturated carbocycles. The average molecular weight is 317 g/mol. The van der Waals surface area contributed by atoms with E-state index in [0.29, 0.717) is 0 Å². The van der Waals surface area contributed by atoms with Gasteiger partial charge in [-0.1, -0.05) is 12.1 Å². The molecule has 0 radical (unpaired) electrons. The fourth-order valence-corrected chi connectivity index (χ4v) is 2.05. The van der Waals surface area contributed by atoms with E-state index in [1.807, 2.05) is 32.0 Å². The van der Waals surface area contributed by atoms with E-state index < -0.39 is 0 Å². The highest BCUT2D eigenvalue weighted by Gasteiger charge is 2.13. The summed E-state index contributed by atoms with van der Waals surface area (Å²) in [5.74, 6) is -0.836. The largest absolute Gasteiger partial charge is 0.326 e. The number of carbonyl (C=O) groups excluding carboxylic acids is 4. The molecule has 124 valence electrons. The molecule has 0 fully saturated rings. The second-order valence-electron chi connectivity index (χ2n) is 5.82. The Morgan fingerprint density at radius 2 is 1.52 bits per heavy atom. The van der Waals surface area contributed by atoms with Gasteiger partial charge in [0.1, 0.15) is 17.3 Å². The molecule has 23 heavy (non-hydrogen) atoms. The van der Waals surface area contributed by atoms with E-state index in [-0.39, 0.29) is 55.4 Å². The molecule has 0 aliphatic heterocycles. The van der Waals surface area contributed by atoms with Gasteiger partial charge in [0.15, 0.2) is 0 Å². The Morgan fingerprint density at radius 3 is 2.13 bits per heavy atom. The van der Waals surface area contributed by atoms with Gasteiger partial charge in [0.2, 0.25) is 5.91 Å². The standard InChI is InChI=1S/C18H23NO4/c1-12-4-5-13(2)17(10-12)19-18(23)9-8-16(22)11-15(21)7-6-14(3)20/h4-5,10H,6-9,11H2,1-3H3,(H,19,23). The molecule has 5 nitrogen and oxygen atoms in total. The minimum Gasteiger partial charge on any atom is -0.326 e. The highest BCUT2D eigenvalue weighted by atomic mass is 16.2. The van der Waals surface area contributed by atoms with E-state index in [1.165, 1.54) is 6.92 Å². The van der Waals surface area contributed by atoms with Crippen LogP contribution in [0.15, 0.2) is 18.2 Å². The van der Waals surface area contributed by atoms with Gasteiger partial charge in [0, 0.05) is 31.4 Å². The summed E-state index contributed by atoms with van der Waals surface area (Å²) in [5, 5.41) is 2.78. The Morgan fingerprint density at radius 1 is 0.913 bits per heavy atom. The highest BCUT2D eigenvalue weighted by Crippen LogP contribution is 2.16. The Balaban J connectivity index is 2.38. The van der Waals surface area contributed by atoms with Gasteiger partial charge in [-0.2, -0.15) is 0 Å². The minimum absolute atomic E-state index is 0.0303. The van der Waals surface area contributed by atoms with Gasteiger partial charge in [-0.25, -0.2) is 0 Å². The Bertz CT molecular complexity index is 619. The Labute approximate surface area is 136 Å². The van der Waals surface area contributed by atoms with Crippen molar-refractivity contribution >= 4 is 28.9 Å². The SMILES string of the molecule is CC(=O)CCC(=O)CC(=O)CCC(=O)Nc1cc(C)ccc1C. The number of anilines is 1. The zero-order valence-electron chi connectivity index (χ0n) is 13.9. The molecule has 1 rings (SSSR count). The molecular formula is C18H23NO4. The van der Waals surface area contributed by atoms with Crippen molar-refractivity contribution in [2.45, 2.75) is 52.9 Å². The van der Waals surface area contributed by atoms with Crippen molar-refractivity contribution in [2.24, 2.45) is 0 Å². The van der Waals surface area contributed by atoms with Crippen molar-refractivity contribution in [1.82, 2.24) is 0 Å². The summed E-state index contributed by atoms with van der Waals surface area (Å²) in [6.07, 6.45) is 0.133. The van der Waals surface area contributed by atoms with Crippen LogP contribution < -0.4 is 5.32 Å². The van der Waals surface area contributed by atoms with E-state index in [1.54, 1.807) is 0 Å². The fraction of sp³-hybridized carbons (Fsp3) is 0.444. The summed E-state index contributed by atoms with van der Waals surface area (Å²) in [6.45, 7) is 5.24. The van der Waals surface area contributed by atoms with Crippen molar-refractivity contribution in [3.05, 3.63) is 29.3 Å². The van der Waals surface area contributed by atoms with Gasteiger partial charge in [-0.15, -0.1) is 0 Å². The molecular weight excluding hydrogens is 294 g/mol. The summed E-state index contributed by atoms with van der Waals surface area (Å²) in [4.78, 5) is 45.9. The number of aryl methyl sites for hydroxylation is 2. The summed E-state index contributed by atoms with van der Waals surface area (Å²) >= 11 is 0. The van der Waals surface area contributed by atoms with Gasteiger partial charge in [-0.3, -0.25) is 14.4 Å². The molecule has 0 bridgehead atoms. The van der Waals surface area contributed by atoms with Crippen LogP contribution in [0.3, 0.4) is 0 Å². The van der Waals surface area contributed by atoms with Crippen LogP contribution in [0.1, 0.15) is 50.2 Å². The van der Waals surface area contributed by atoms with Crippen LogP contribution in [0.4, 0.5) is 5.69 Å². The fourth-order valence-electron chi connectivity index (χ4n) is 2.05. The van der Waals surface area contributed by atoms with E-state index in [9.17, 15) is 19.2 Å². The van der Waals surface area contributed by atoms with Crippen molar-refractivity contribution in [2.75, 3.05) is 5.32 Å². The zero-order chi connectivity index (χ0) is 17.4. The van der Waals surface area contributed by atoms with Gasteiger partial charge in [0.05, 0.1) is 6.42 Å². The van der Waals surface area contributed by atoms with Crippen molar-refractivity contribution in [3.8, 4) is 0 Å². The minimum atomic E-state index is -0.269. The van der Waals surface area contributed by atoms with Crippen LogP contribution in [0.5, 0.6) is 0 Å². The maximum absolute atomic E-state index is 11.9. The number of amides is 1. The number of hydrogen-bond acceptors (Lipinski definition) is 4. The maximum Gasteiger partial charge on any atom is 0.224 e. The van der Waals surface area contributed by atoms with Crippen molar-refractivity contribution < 1.29 is 19.2 Å². The molecule has 1 N–H and O–H groups in total.